The molecule has 0 unspecified atom stereocenters. The van der Waals surface area contributed by atoms with E-state index in [0.717, 1.165) is 30.8 Å². The molecule has 0 aromatic heterocycles. The number of hydrogen-bond acceptors (Lipinski definition) is 3. The van der Waals surface area contributed by atoms with Crippen LogP contribution < -0.4 is 4.74 Å². The summed E-state index contributed by atoms with van der Waals surface area (Å²) in [5.41, 5.74) is 1.06. The van der Waals surface area contributed by atoms with Crippen molar-refractivity contribution in [1.29, 1.82) is 0 Å². The first-order chi connectivity index (χ1) is 7.90. The van der Waals surface area contributed by atoms with E-state index in [1.807, 2.05) is 24.3 Å². The predicted molar refractivity (Wildman–Crippen MR) is 61.5 cm³/mol. The SMILES string of the molecule is CCCCOc1ccc(C2OCCO2)cc1. The van der Waals surface area contributed by atoms with Crippen molar-refractivity contribution in [3.8, 4) is 5.75 Å². The van der Waals surface area contributed by atoms with E-state index in [4.69, 9.17) is 14.2 Å². The minimum absolute atomic E-state index is 0.190. The van der Waals surface area contributed by atoms with Crippen molar-refractivity contribution in [3.63, 3.8) is 0 Å². The van der Waals surface area contributed by atoms with Gasteiger partial charge in [-0.05, 0) is 18.6 Å². The fourth-order valence-corrected chi connectivity index (χ4v) is 1.61. The van der Waals surface area contributed by atoms with Crippen molar-refractivity contribution >= 4 is 0 Å². The van der Waals surface area contributed by atoms with Gasteiger partial charge in [0.15, 0.2) is 6.29 Å². The number of benzene rings is 1. The molecule has 1 aliphatic rings. The van der Waals surface area contributed by atoms with E-state index in [1.54, 1.807) is 0 Å². The molecule has 1 fully saturated rings. The summed E-state index contributed by atoms with van der Waals surface area (Å²) in [4.78, 5) is 0. The fourth-order valence-electron chi connectivity index (χ4n) is 1.61. The number of ether oxygens (including phenoxy) is 3. The van der Waals surface area contributed by atoms with E-state index in [-0.39, 0.29) is 6.29 Å². The van der Waals surface area contributed by atoms with Gasteiger partial charge in [-0.3, -0.25) is 0 Å². The molecular weight excluding hydrogens is 204 g/mol. The minimum Gasteiger partial charge on any atom is -0.494 e. The van der Waals surface area contributed by atoms with E-state index in [1.165, 1.54) is 0 Å². The zero-order valence-corrected chi connectivity index (χ0v) is 9.65. The average molecular weight is 222 g/mol. The first kappa shape index (κ1) is 11.4. The molecule has 0 atom stereocenters. The molecule has 0 spiro atoms. The monoisotopic (exact) mass is 222 g/mol. The Kier molecular flexibility index (Phi) is 4.19. The molecule has 2 rings (SSSR count). The van der Waals surface area contributed by atoms with Gasteiger partial charge in [0.05, 0.1) is 19.8 Å². The van der Waals surface area contributed by atoms with Crippen LogP contribution in [0.1, 0.15) is 31.6 Å². The first-order valence-electron chi connectivity index (χ1n) is 5.86. The number of rotatable bonds is 5. The van der Waals surface area contributed by atoms with Crippen molar-refractivity contribution in [1.82, 2.24) is 0 Å². The van der Waals surface area contributed by atoms with Gasteiger partial charge in [0.2, 0.25) is 0 Å². The molecule has 0 radical (unpaired) electrons. The Hall–Kier alpha value is -1.06. The largest absolute Gasteiger partial charge is 0.494 e. The van der Waals surface area contributed by atoms with Crippen molar-refractivity contribution < 1.29 is 14.2 Å². The van der Waals surface area contributed by atoms with Gasteiger partial charge in [-0.25, -0.2) is 0 Å². The zero-order valence-electron chi connectivity index (χ0n) is 9.65. The van der Waals surface area contributed by atoms with Crippen LogP contribution in [0.25, 0.3) is 0 Å². The van der Waals surface area contributed by atoms with Crippen LogP contribution in [0, 0.1) is 0 Å². The van der Waals surface area contributed by atoms with Crippen LogP contribution in [0.15, 0.2) is 24.3 Å². The van der Waals surface area contributed by atoms with Crippen LogP contribution in [0.3, 0.4) is 0 Å². The van der Waals surface area contributed by atoms with Gasteiger partial charge in [0.25, 0.3) is 0 Å². The summed E-state index contributed by atoms with van der Waals surface area (Å²) in [6.07, 6.45) is 2.06. The second-order valence-electron chi connectivity index (χ2n) is 3.84. The normalized spacial score (nSPS) is 16.6. The van der Waals surface area contributed by atoms with Gasteiger partial charge in [-0.2, -0.15) is 0 Å². The third kappa shape index (κ3) is 2.97. The average Bonchev–Trinajstić information content (AvgIpc) is 2.84. The Morgan fingerprint density at radius 1 is 1.19 bits per heavy atom. The zero-order chi connectivity index (χ0) is 11.2. The fraction of sp³-hybridized carbons (Fsp3) is 0.538. The lowest BCUT2D eigenvalue weighted by molar-refractivity contribution is -0.0441. The molecule has 0 amide bonds. The molecular formula is C13H18O3. The lowest BCUT2D eigenvalue weighted by Gasteiger charge is -2.10. The molecule has 88 valence electrons. The molecule has 0 saturated carbocycles. The van der Waals surface area contributed by atoms with Gasteiger partial charge >= 0.3 is 0 Å². The van der Waals surface area contributed by atoms with Crippen molar-refractivity contribution in [3.05, 3.63) is 29.8 Å². The molecule has 0 aliphatic carbocycles. The summed E-state index contributed by atoms with van der Waals surface area (Å²) in [6, 6.07) is 7.93. The maximum atomic E-state index is 5.58. The summed E-state index contributed by atoms with van der Waals surface area (Å²) < 4.78 is 16.4. The molecule has 3 nitrogen and oxygen atoms in total. The van der Waals surface area contributed by atoms with Crippen molar-refractivity contribution in [2.75, 3.05) is 19.8 Å². The van der Waals surface area contributed by atoms with E-state index in [0.29, 0.717) is 13.2 Å². The second kappa shape index (κ2) is 5.87. The van der Waals surface area contributed by atoms with Gasteiger partial charge in [0.1, 0.15) is 5.75 Å². The van der Waals surface area contributed by atoms with Crippen LogP contribution in [0.5, 0.6) is 5.75 Å². The molecule has 0 N–H and O–H groups in total. The van der Waals surface area contributed by atoms with Crippen molar-refractivity contribution in [2.24, 2.45) is 0 Å². The molecule has 1 aromatic rings. The Balaban J connectivity index is 1.88. The number of unbranched alkanes of at least 4 members (excludes halogenated alkanes) is 1. The summed E-state index contributed by atoms with van der Waals surface area (Å²) in [5, 5.41) is 0. The van der Waals surface area contributed by atoms with Crippen LogP contribution in [-0.4, -0.2) is 19.8 Å². The summed E-state index contributed by atoms with van der Waals surface area (Å²) in [5.74, 6) is 0.912. The molecule has 1 aromatic carbocycles. The van der Waals surface area contributed by atoms with E-state index in [2.05, 4.69) is 6.92 Å². The summed E-state index contributed by atoms with van der Waals surface area (Å²) in [7, 11) is 0. The Bertz CT molecular complexity index is 301. The highest BCUT2D eigenvalue weighted by Crippen LogP contribution is 2.24. The molecule has 1 aliphatic heterocycles. The lowest BCUT2D eigenvalue weighted by Crippen LogP contribution is -1.99. The summed E-state index contributed by atoms with van der Waals surface area (Å²) >= 11 is 0. The third-order valence-electron chi connectivity index (χ3n) is 2.54. The maximum Gasteiger partial charge on any atom is 0.184 e. The second-order valence-corrected chi connectivity index (χ2v) is 3.84. The Labute approximate surface area is 96.3 Å². The molecule has 0 bridgehead atoms. The third-order valence-corrected chi connectivity index (χ3v) is 2.54. The van der Waals surface area contributed by atoms with E-state index >= 15 is 0 Å². The quantitative estimate of drug-likeness (QED) is 0.717. The van der Waals surface area contributed by atoms with Gasteiger partial charge in [-0.1, -0.05) is 25.5 Å². The highest BCUT2D eigenvalue weighted by Gasteiger charge is 2.17. The van der Waals surface area contributed by atoms with Gasteiger partial charge < -0.3 is 14.2 Å². The van der Waals surface area contributed by atoms with E-state index < -0.39 is 0 Å². The highest BCUT2D eigenvalue weighted by molar-refractivity contribution is 5.28. The van der Waals surface area contributed by atoms with Crippen LogP contribution in [0.4, 0.5) is 0 Å². The smallest absolute Gasteiger partial charge is 0.184 e. The molecule has 1 heterocycles. The van der Waals surface area contributed by atoms with Crippen LogP contribution in [0.2, 0.25) is 0 Å². The van der Waals surface area contributed by atoms with Crippen LogP contribution in [-0.2, 0) is 9.47 Å². The standard InChI is InChI=1S/C13H18O3/c1-2-3-8-14-12-6-4-11(5-7-12)13-15-9-10-16-13/h4-7,13H,2-3,8-10H2,1H3. The minimum atomic E-state index is -0.190. The van der Waals surface area contributed by atoms with Gasteiger partial charge in [-0.15, -0.1) is 0 Å². The Morgan fingerprint density at radius 2 is 1.88 bits per heavy atom. The molecule has 1 saturated heterocycles. The summed E-state index contributed by atoms with van der Waals surface area (Å²) in [6.45, 7) is 4.30. The van der Waals surface area contributed by atoms with Crippen molar-refractivity contribution in [2.45, 2.75) is 26.1 Å². The molecule has 16 heavy (non-hydrogen) atoms. The van der Waals surface area contributed by atoms with Crippen LogP contribution >= 0.6 is 0 Å². The van der Waals surface area contributed by atoms with E-state index in [9.17, 15) is 0 Å². The first-order valence-corrected chi connectivity index (χ1v) is 5.86. The lowest BCUT2D eigenvalue weighted by atomic mass is 10.2. The topological polar surface area (TPSA) is 27.7 Å². The highest BCUT2D eigenvalue weighted by atomic mass is 16.7. The predicted octanol–water partition coefficient (Wildman–Crippen LogP) is 2.91. The molecule has 3 heteroatoms. The number of hydrogen-bond donors (Lipinski definition) is 0. The maximum absolute atomic E-state index is 5.58. The Morgan fingerprint density at radius 3 is 2.50 bits per heavy atom. The van der Waals surface area contributed by atoms with Gasteiger partial charge in [0, 0.05) is 5.56 Å².